The molecule has 9 aromatic rings. The Morgan fingerprint density at radius 2 is 1.21 bits per heavy atom. The van der Waals surface area contributed by atoms with Crippen LogP contribution in [0.2, 0.25) is 0 Å². The second-order valence-corrected chi connectivity index (χ2v) is 10.8. The van der Waals surface area contributed by atoms with Crippen LogP contribution in [0.15, 0.2) is 154 Å². The number of fused-ring (bicyclic) bond motifs is 8. The van der Waals surface area contributed by atoms with E-state index in [0.29, 0.717) is 5.89 Å². The summed E-state index contributed by atoms with van der Waals surface area (Å²) in [4.78, 5) is 7.10. The van der Waals surface area contributed by atoms with Crippen LogP contribution in [0.25, 0.3) is 66.0 Å². The van der Waals surface area contributed by atoms with E-state index < -0.39 is 0 Å². The maximum atomic E-state index is 6.48. The molecule has 7 aromatic carbocycles. The van der Waals surface area contributed by atoms with Crippen LogP contribution >= 0.6 is 0 Å². The number of nitrogens with zero attached hydrogens (tertiary/aromatic N) is 2. The van der Waals surface area contributed by atoms with Crippen molar-refractivity contribution in [3.63, 3.8) is 0 Å². The number of furan rings is 1. The summed E-state index contributed by atoms with van der Waals surface area (Å²) in [7, 11) is 0. The van der Waals surface area contributed by atoms with Gasteiger partial charge in [0.25, 0.3) is 0 Å². The van der Waals surface area contributed by atoms with Crippen LogP contribution in [0, 0.1) is 0 Å². The number of anilines is 3. The molecule has 0 amide bonds. The summed E-state index contributed by atoms with van der Waals surface area (Å²) < 4.78 is 12.8. The molecule has 2 aromatic heterocycles. The highest BCUT2D eigenvalue weighted by atomic mass is 16.4. The minimum absolute atomic E-state index is 0.604. The molecule has 0 saturated heterocycles. The average Bonchev–Trinajstić information content (AvgIpc) is 3.67. The average molecular weight is 553 g/mol. The molecule has 0 aliphatic heterocycles. The highest BCUT2D eigenvalue weighted by Gasteiger charge is 2.21. The van der Waals surface area contributed by atoms with Gasteiger partial charge in [-0.25, -0.2) is 4.98 Å². The van der Waals surface area contributed by atoms with E-state index in [0.717, 1.165) is 55.7 Å². The van der Waals surface area contributed by atoms with Gasteiger partial charge in [-0.05, 0) is 70.8 Å². The zero-order valence-electron chi connectivity index (χ0n) is 23.1. The predicted octanol–water partition coefficient (Wildman–Crippen LogP) is 11.2. The number of para-hydroxylation sites is 1. The van der Waals surface area contributed by atoms with Crippen LogP contribution in [-0.4, -0.2) is 4.98 Å². The van der Waals surface area contributed by atoms with Crippen LogP contribution in [0.5, 0.6) is 0 Å². The van der Waals surface area contributed by atoms with Crippen molar-refractivity contribution in [3.8, 4) is 11.5 Å². The molecule has 0 fully saturated rings. The van der Waals surface area contributed by atoms with Gasteiger partial charge in [-0.2, -0.15) is 0 Å². The Labute approximate surface area is 247 Å². The third-order valence-corrected chi connectivity index (χ3v) is 8.25. The van der Waals surface area contributed by atoms with Gasteiger partial charge in [0.05, 0.1) is 11.1 Å². The van der Waals surface area contributed by atoms with E-state index in [-0.39, 0.29) is 0 Å². The summed E-state index contributed by atoms with van der Waals surface area (Å²) in [6, 6.07) is 50.4. The Kier molecular flexibility index (Phi) is 5.16. The molecule has 0 radical (unpaired) electrons. The van der Waals surface area contributed by atoms with E-state index in [1.807, 2.05) is 42.5 Å². The molecular formula is C39H24N2O2. The molecule has 43 heavy (non-hydrogen) atoms. The van der Waals surface area contributed by atoms with Gasteiger partial charge in [0, 0.05) is 33.8 Å². The van der Waals surface area contributed by atoms with E-state index >= 15 is 0 Å². The quantitative estimate of drug-likeness (QED) is 0.204. The first-order chi connectivity index (χ1) is 21.3. The molecule has 0 unspecified atom stereocenters. The van der Waals surface area contributed by atoms with Gasteiger partial charge in [0.1, 0.15) is 16.7 Å². The van der Waals surface area contributed by atoms with Crippen molar-refractivity contribution >= 4 is 71.6 Å². The van der Waals surface area contributed by atoms with Gasteiger partial charge >= 0.3 is 0 Å². The van der Waals surface area contributed by atoms with Gasteiger partial charge in [-0.15, -0.1) is 0 Å². The molecular weight excluding hydrogens is 528 g/mol. The SMILES string of the molecule is c1ccc(-c2nc3ccc4oc5cc(N(c6ccccc6)c6cc7ccccc7c7ccccc67)ccc5c4c3o2)cc1. The van der Waals surface area contributed by atoms with Crippen molar-refractivity contribution in [2.75, 3.05) is 4.90 Å². The normalized spacial score (nSPS) is 11.7. The Morgan fingerprint density at radius 3 is 2.05 bits per heavy atom. The minimum atomic E-state index is 0.604. The summed E-state index contributed by atoms with van der Waals surface area (Å²) in [5.74, 6) is 0.604. The van der Waals surface area contributed by atoms with Crippen molar-refractivity contribution < 1.29 is 8.83 Å². The molecule has 2 heterocycles. The summed E-state index contributed by atoms with van der Waals surface area (Å²) >= 11 is 0. The molecule has 9 rings (SSSR count). The number of oxazole rings is 1. The van der Waals surface area contributed by atoms with Crippen molar-refractivity contribution in [1.82, 2.24) is 4.98 Å². The first-order valence-corrected chi connectivity index (χ1v) is 14.4. The van der Waals surface area contributed by atoms with Crippen molar-refractivity contribution in [3.05, 3.63) is 146 Å². The van der Waals surface area contributed by atoms with E-state index in [2.05, 4.69) is 108 Å². The highest BCUT2D eigenvalue weighted by molar-refractivity contribution is 6.18. The number of rotatable bonds is 4. The lowest BCUT2D eigenvalue weighted by atomic mass is 9.99. The van der Waals surface area contributed by atoms with Gasteiger partial charge in [-0.1, -0.05) is 84.9 Å². The molecule has 0 N–H and O–H groups in total. The summed E-state index contributed by atoms with van der Waals surface area (Å²) in [5.41, 5.74) is 7.26. The number of hydrogen-bond donors (Lipinski definition) is 0. The monoisotopic (exact) mass is 552 g/mol. The van der Waals surface area contributed by atoms with Crippen LogP contribution in [0.3, 0.4) is 0 Å². The first kappa shape index (κ1) is 23.8. The Hall–Kier alpha value is -5.87. The van der Waals surface area contributed by atoms with Crippen molar-refractivity contribution in [2.45, 2.75) is 0 Å². The van der Waals surface area contributed by atoms with E-state index in [1.165, 1.54) is 21.5 Å². The molecule has 0 atom stereocenters. The third kappa shape index (κ3) is 3.74. The molecule has 0 aliphatic carbocycles. The first-order valence-electron chi connectivity index (χ1n) is 14.4. The molecule has 0 aliphatic rings. The molecule has 0 spiro atoms. The van der Waals surface area contributed by atoms with E-state index in [9.17, 15) is 0 Å². The number of aromatic nitrogens is 1. The van der Waals surface area contributed by atoms with Gasteiger partial charge in [-0.3, -0.25) is 0 Å². The summed E-state index contributed by atoms with van der Waals surface area (Å²) in [6.45, 7) is 0. The zero-order chi connectivity index (χ0) is 28.3. The standard InChI is InChI=1S/C39H24N2O2/c1-3-11-25(12-4-1)39-40-33-21-22-35-37(38(33)43-39)32-20-19-28(24-36(32)42-35)41(27-14-5-2-6-15-27)34-23-26-13-7-8-16-29(26)30-17-9-10-18-31(30)34/h1-24H. The number of benzene rings is 7. The van der Waals surface area contributed by atoms with Crippen LogP contribution < -0.4 is 4.90 Å². The maximum Gasteiger partial charge on any atom is 0.227 e. The Balaban J connectivity index is 1.28. The van der Waals surface area contributed by atoms with Gasteiger partial charge in [0.2, 0.25) is 5.89 Å². The van der Waals surface area contributed by atoms with E-state index in [1.54, 1.807) is 0 Å². The lowest BCUT2D eigenvalue weighted by Crippen LogP contribution is -2.10. The smallest absolute Gasteiger partial charge is 0.227 e. The molecule has 0 saturated carbocycles. The van der Waals surface area contributed by atoms with Gasteiger partial charge in [0.15, 0.2) is 5.58 Å². The van der Waals surface area contributed by atoms with Crippen molar-refractivity contribution in [2.24, 2.45) is 0 Å². The third-order valence-electron chi connectivity index (χ3n) is 8.25. The number of hydrogen-bond acceptors (Lipinski definition) is 4. The van der Waals surface area contributed by atoms with Crippen LogP contribution in [-0.2, 0) is 0 Å². The molecule has 4 heteroatoms. The lowest BCUT2D eigenvalue weighted by molar-refractivity contribution is 0.622. The fourth-order valence-corrected chi connectivity index (χ4v) is 6.30. The Morgan fingerprint density at radius 1 is 0.488 bits per heavy atom. The molecule has 202 valence electrons. The van der Waals surface area contributed by atoms with Crippen molar-refractivity contribution in [1.29, 1.82) is 0 Å². The second kappa shape index (κ2) is 9.33. The highest BCUT2D eigenvalue weighted by Crippen LogP contribution is 2.44. The summed E-state index contributed by atoms with van der Waals surface area (Å²) in [5, 5.41) is 6.79. The zero-order valence-corrected chi connectivity index (χ0v) is 23.1. The predicted molar refractivity (Wildman–Crippen MR) is 176 cm³/mol. The molecule has 4 nitrogen and oxygen atoms in total. The van der Waals surface area contributed by atoms with Crippen LogP contribution in [0.4, 0.5) is 17.1 Å². The minimum Gasteiger partial charge on any atom is -0.456 e. The maximum absolute atomic E-state index is 6.48. The Bertz CT molecular complexity index is 2460. The van der Waals surface area contributed by atoms with E-state index in [4.69, 9.17) is 13.8 Å². The fraction of sp³-hybridized carbons (Fsp3) is 0. The molecule has 0 bridgehead atoms. The largest absolute Gasteiger partial charge is 0.456 e. The van der Waals surface area contributed by atoms with Crippen LogP contribution in [0.1, 0.15) is 0 Å². The fourth-order valence-electron chi connectivity index (χ4n) is 6.30. The topological polar surface area (TPSA) is 42.4 Å². The lowest BCUT2D eigenvalue weighted by Gasteiger charge is -2.27. The second-order valence-electron chi connectivity index (χ2n) is 10.8. The summed E-state index contributed by atoms with van der Waals surface area (Å²) in [6.07, 6.45) is 0. The van der Waals surface area contributed by atoms with Gasteiger partial charge < -0.3 is 13.7 Å².